The summed E-state index contributed by atoms with van der Waals surface area (Å²) in [5, 5.41) is 0.340. The summed E-state index contributed by atoms with van der Waals surface area (Å²) in [7, 11) is 0. The molecule has 1 aromatic rings. The van der Waals surface area contributed by atoms with Crippen LogP contribution in [0.15, 0.2) is 10.5 Å². The highest BCUT2D eigenvalue weighted by molar-refractivity contribution is 9.10. The van der Waals surface area contributed by atoms with Gasteiger partial charge < -0.3 is 20.1 Å². The second kappa shape index (κ2) is 9.33. The summed E-state index contributed by atoms with van der Waals surface area (Å²) >= 11 is 9.93. The number of esters is 1. The molecule has 1 fully saturated rings. The number of benzene rings is 1. The molecular formula is C19H27BrClN3O4. The van der Waals surface area contributed by atoms with Gasteiger partial charge in [-0.05, 0) is 33.8 Å². The normalized spacial score (nSPS) is 15.4. The Balaban J connectivity index is 2.04. The third kappa shape index (κ3) is 5.75. The van der Waals surface area contributed by atoms with Gasteiger partial charge >= 0.3 is 12.1 Å². The molecule has 156 valence electrons. The van der Waals surface area contributed by atoms with E-state index in [4.69, 9.17) is 26.8 Å². The van der Waals surface area contributed by atoms with Crippen LogP contribution >= 0.6 is 27.5 Å². The number of nitrogens with two attached hydrogens (primary N) is 1. The minimum Gasteiger partial charge on any atom is -0.462 e. The lowest BCUT2D eigenvalue weighted by Crippen LogP contribution is -2.49. The van der Waals surface area contributed by atoms with Crippen molar-refractivity contribution in [2.24, 2.45) is 0 Å². The van der Waals surface area contributed by atoms with Crippen molar-refractivity contribution in [2.45, 2.75) is 39.8 Å². The molecule has 0 spiro atoms. The molecule has 0 aliphatic carbocycles. The Kier molecular flexibility index (Phi) is 7.59. The molecule has 2 rings (SSSR count). The smallest absolute Gasteiger partial charge is 0.410 e. The first-order valence-corrected chi connectivity index (χ1v) is 10.3. The first-order chi connectivity index (χ1) is 13.0. The molecule has 0 unspecified atom stereocenters. The molecule has 2 N–H and O–H groups in total. The van der Waals surface area contributed by atoms with Crippen molar-refractivity contribution in [3.63, 3.8) is 0 Å². The van der Waals surface area contributed by atoms with E-state index >= 15 is 0 Å². The average Bonchev–Trinajstić information content (AvgIpc) is 2.61. The largest absolute Gasteiger partial charge is 0.462 e. The molecule has 0 bridgehead atoms. The third-order valence-corrected chi connectivity index (χ3v) is 5.39. The minimum absolute atomic E-state index is 0.214. The number of carbonyl (C=O) groups excluding carboxylic acids is 2. The molecule has 0 atom stereocenters. The van der Waals surface area contributed by atoms with Crippen LogP contribution in [0, 0.1) is 0 Å². The van der Waals surface area contributed by atoms with Crippen LogP contribution in [-0.2, 0) is 16.0 Å². The third-order valence-electron chi connectivity index (χ3n) is 4.25. The Labute approximate surface area is 179 Å². The summed E-state index contributed by atoms with van der Waals surface area (Å²) in [5.74, 6) is -0.500. The summed E-state index contributed by atoms with van der Waals surface area (Å²) in [6.45, 7) is 10.6. The molecule has 1 aromatic carbocycles. The Hall–Kier alpha value is -1.51. The van der Waals surface area contributed by atoms with Crippen LogP contribution in [0.4, 0.5) is 10.5 Å². The van der Waals surface area contributed by atoms with Crippen LogP contribution in [0.3, 0.4) is 0 Å². The van der Waals surface area contributed by atoms with Gasteiger partial charge in [0.15, 0.2) is 0 Å². The molecule has 28 heavy (non-hydrogen) atoms. The zero-order valence-electron chi connectivity index (χ0n) is 16.7. The lowest BCUT2D eigenvalue weighted by atomic mass is 10.1. The van der Waals surface area contributed by atoms with Crippen LogP contribution < -0.4 is 5.73 Å². The van der Waals surface area contributed by atoms with Crippen molar-refractivity contribution >= 4 is 45.3 Å². The maximum absolute atomic E-state index is 12.2. The van der Waals surface area contributed by atoms with Crippen LogP contribution in [0.25, 0.3) is 0 Å². The maximum Gasteiger partial charge on any atom is 0.410 e. The lowest BCUT2D eigenvalue weighted by molar-refractivity contribution is 0.0139. The molecule has 1 aliphatic rings. The van der Waals surface area contributed by atoms with E-state index in [1.807, 2.05) is 20.8 Å². The van der Waals surface area contributed by atoms with Gasteiger partial charge in [0.05, 0.1) is 22.9 Å². The number of nitrogen functional groups attached to an aromatic ring is 1. The summed E-state index contributed by atoms with van der Waals surface area (Å²) < 4.78 is 11.1. The van der Waals surface area contributed by atoms with Crippen molar-refractivity contribution in [3.05, 3.63) is 26.7 Å². The molecule has 1 saturated heterocycles. The predicted molar refractivity (Wildman–Crippen MR) is 113 cm³/mol. The van der Waals surface area contributed by atoms with Crippen LogP contribution in [-0.4, -0.2) is 60.2 Å². The second-order valence-electron chi connectivity index (χ2n) is 7.58. The van der Waals surface area contributed by atoms with Crippen molar-refractivity contribution in [3.8, 4) is 0 Å². The minimum atomic E-state index is -0.509. The summed E-state index contributed by atoms with van der Waals surface area (Å²) in [5.41, 5.74) is 6.82. The molecule has 9 heteroatoms. The molecule has 0 radical (unpaired) electrons. The molecule has 1 amide bonds. The Morgan fingerprint density at radius 1 is 1.25 bits per heavy atom. The Bertz CT molecular complexity index is 744. The van der Waals surface area contributed by atoms with Crippen molar-refractivity contribution < 1.29 is 19.1 Å². The van der Waals surface area contributed by atoms with E-state index in [-0.39, 0.29) is 24.0 Å². The quantitative estimate of drug-likeness (QED) is 0.524. The monoisotopic (exact) mass is 475 g/mol. The highest BCUT2D eigenvalue weighted by Crippen LogP contribution is 2.35. The van der Waals surface area contributed by atoms with Gasteiger partial charge in [0.25, 0.3) is 0 Å². The van der Waals surface area contributed by atoms with Gasteiger partial charge in [0.1, 0.15) is 5.60 Å². The molecule has 7 nitrogen and oxygen atoms in total. The van der Waals surface area contributed by atoms with Gasteiger partial charge in [0.2, 0.25) is 0 Å². The van der Waals surface area contributed by atoms with Gasteiger partial charge in [-0.3, -0.25) is 4.90 Å². The second-order valence-corrected chi connectivity index (χ2v) is 8.81. The molecular weight excluding hydrogens is 450 g/mol. The number of anilines is 1. The van der Waals surface area contributed by atoms with Crippen LogP contribution in [0.5, 0.6) is 0 Å². The maximum atomic E-state index is 12.2. The van der Waals surface area contributed by atoms with Gasteiger partial charge in [-0.15, -0.1) is 0 Å². The fourth-order valence-electron chi connectivity index (χ4n) is 2.84. The van der Waals surface area contributed by atoms with Gasteiger partial charge in [-0.25, -0.2) is 9.59 Å². The van der Waals surface area contributed by atoms with E-state index in [0.29, 0.717) is 42.2 Å². The van der Waals surface area contributed by atoms with E-state index in [1.165, 1.54) is 0 Å². The molecule has 1 aliphatic heterocycles. The van der Waals surface area contributed by atoms with E-state index in [0.717, 1.165) is 5.56 Å². The average molecular weight is 477 g/mol. The van der Waals surface area contributed by atoms with Gasteiger partial charge in [-0.2, -0.15) is 0 Å². The molecule has 0 aromatic heterocycles. The number of nitrogens with zero attached hydrogens (tertiary/aromatic N) is 2. The topological polar surface area (TPSA) is 85.1 Å². The van der Waals surface area contributed by atoms with Gasteiger partial charge in [-0.1, -0.05) is 27.5 Å². The van der Waals surface area contributed by atoms with Gasteiger partial charge in [0, 0.05) is 42.8 Å². The molecule has 0 saturated carbocycles. The molecule has 1 heterocycles. The summed E-state index contributed by atoms with van der Waals surface area (Å²) in [4.78, 5) is 28.1. The highest BCUT2D eigenvalue weighted by Gasteiger charge is 2.27. The number of halogens is 2. The Morgan fingerprint density at radius 3 is 2.39 bits per heavy atom. The number of hydrogen-bond donors (Lipinski definition) is 1. The number of rotatable bonds is 4. The number of hydrogen-bond acceptors (Lipinski definition) is 6. The highest BCUT2D eigenvalue weighted by atomic mass is 79.9. The lowest BCUT2D eigenvalue weighted by Gasteiger charge is -2.35. The Morgan fingerprint density at radius 2 is 1.86 bits per heavy atom. The van der Waals surface area contributed by atoms with E-state index in [9.17, 15) is 9.59 Å². The zero-order chi connectivity index (χ0) is 21.1. The van der Waals surface area contributed by atoms with Crippen molar-refractivity contribution in [2.75, 3.05) is 38.5 Å². The standard InChI is InChI=1S/C19H27BrClN3O4/c1-5-27-17(25)12-10-14(20)13(15(21)16(12)22)11-23-6-8-24(9-7-23)18(26)28-19(2,3)4/h10H,5-9,11,22H2,1-4H3. The SMILES string of the molecule is CCOC(=O)c1cc(Br)c(CN2CCN(C(=O)OC(C)(C)C)CC2)c(Cl)c1N. The number of ether oxygens (including phenoxy) is 2. The first kappa shape index (κ1) is 22.8. The van der Waals surface area contributed by atoms with E-state index < -0.39 is 11.6 Å². The first-order valence-electron chi connectivity index (χ1n) is 9.17. The van der Waals surface area contributed by atoms with E-state index in [2.05, 4.69) is 20.8 Å². The summed E-state index contributed by atoms with van der Waals surface area (Å²) in [6, 6.07) is 1.64. The van der Waals surface area contributed by atoms with Crippen molar-refractivity contribution in [1.29, 1.82) is 0 Å². The fraction of sp³-hybridized carbons (Fsp3) is 0.579. The zero-order valence-corrected chi connectivity index (χ0v) is 19.0. The number of amides is 1. The van der Waals surface area contributed by atoms with Crippen LogP contribution in [0.2, 0.25) is 5.02 Å². The number of carbonyl (C=O) groups is 2. The van der Waals surface area contributed by atoms with E-state index in [1.54, 1.807) is 17.9 Å². The van der Waals surface area contributed by atoms with Crippen molar-refractivity contribution in [1.82, 2.24) is 9.80 Å². The number of piperazine rings is 1. The summed E-state index contributed by atoms with van der Waals surface area (Å²) in [6.07, 6.45) is -0.297. The van der Waals surface area contributed by atoms with Crippen LogP contribution in [0.1, 0.15) is 43.6 Å². The fourth-order valence-corrected chi connectivity index (χ4v) is 3.77. The predicted octanol–water partition coefficient (Wildman–Crippen LogP) is 3.91.